The summed E-state index contributed by atoms with van der Waals surface area (Å²) in [5.74, 6) is 0.122. The molecular formula is C22H27N3O4S. The second kappa shape index (κ2) is 9.86. The van der Waals surface area contributed by atoms with E-state index in [1.165, 1.54) is 23.0 Å². The molecule has 3 aromatic rings. The summed E-state index contributed by atoms with van der Waals surface area (Å²) in [4.78, 5) is 22.1. The molecule has 2 heterocycles. The molecule has 0 spiro atoms. The second-order valence-corrected chi connectivity index (χ2v) is 8.12. The molecule has 0 aliphatic carbocycles. The highest BCUT2D eigenvalue weighted by atomic mass is 32.1. The van der Waals surface area contributed by atoms with Crippen molar-refractivity contribution in [1.29, 1.82) is 0 Å². The minimum absolute atomic E-state index is 0.122. The van der Waals surface area contributed by atoms with Crippen LogP contribution in [0.4, 0.5) is 4.79 Å². The molecule has 0 saturated heterocycles. The van der Waals surface area contributed by atoms with Crippen LogP contribution < -0.4 is 0 Å². The van der Waals surface area contributed by atoms with E-state index in [1.807, 2.05) is 50.4 Å². The highest BCUT2D eigenvalue weighted by Crippen LogP contribution is 2.32. The zero-order chi connectivity index (χ0) is 21.7. The van der Waals surface area contributed by atoms with E-state index < -0.39 is 12.2 Å². The molecule has 30 heavy (non-hydrogen) atoms. The lowest BCUT2D eigenvalue weighted by Gasteiger charge is -2.07. The Morgan fingerprint density at radius 2 is 2.10 bits per heavy atom. The van der Waals surface area contributed by atoms with E-state index in [0.717, 1.165) is 18.2 Å². The summed E-state index contributed by atoms with van der Waals surface area (Å²) in [6, 6.07) is 7.44. The van der Waals surface area contributed by atoms with Gasteiger partial charge in [0.15, 0.2) is 0 Å². The monoisotopic (exact) mass is 429 g/mol. The number of hydrogen-bond acceptors (Lipinski definition) is 7. The molecule has 0 amide bonds. The highest BCUT2D eigenvalue weighted by Gasteiger charge is 2.24. The number of benzene rings is 1. The summed E-state index contributed by atoms with van der Waals surface area (Å²) in [5, 5.41) is 18.3. The minimum atomic E-state index is -0.978. The Morgan fingerprint density at radius 3 is 2.80 bits per heavy atom. The summed E-state index contributed by atoms with van der Waals surface area (Å²) in [6.07, 6.45) is 1.96. The number of rotatable bonds is 8. The van der Waals surface area contributed by atoms with Crippen molar-refractivity contribution < 1.29 is 19.5 Å². The van der Waals surface area contributed by atoms with Crippen LogP contribution in [0.2, 0.25) is 0 Å². The molecule has 1 unspecified atom stereocenters. The Bertz CT molecular complexity index is 1040. The second-order valence-electron chi connectivity index (χ2n) is 7.23. The summed E-state index contributed by atoms with van der Waals surface area (Å²) < 4.78 is 6.81. The molecule has 2 aromatic heterocycles. The third-order valence-electron chi connectivity index (χ3n) is 4.71. The van der Waals surface area contributed by atoms with Gasteiger partial charge in [-0.2, -0.15) is 0 Å². The lowest BCUT2D eigenvalue weighted by molar-refractivity contribution is 0.147. The number of unbranched alkanes of at least 4 members (excludes halogenated alkanes) is 1. The van der Waals surface area contributed by atoms with Gasteiger partial charge in [-0.25, -0.2) is 9.78 Å². The molecule has 0 aliphatic heterocycles. The number of aromatic nitrogens is 2. The van der Waals surface area contributed by atoms with Crippen LogP contribution in [0.25, 0.3) is 10.9 Å². The van der Waals surface area contributed by atoms with Crippen LogP contribution >= 0.6 is 11.3 Å². The van der Waals surface area contributed by atoms with Gasteiger partial charge in [-0.15, -0.1) is 11.3 Å². The van der Waals surface area contributed by atoms with Crippen molar-refractivity contribution in [1.82, 2.24) is 9.55 Å². The molecule has 0 fully saturated rings. The van der Waals surface area contributed by atoms with Crippen LogP contribution in [-0.2, 0) is 9.57 Å². The maximum Gasteiger partial charge on any atom is 0.418 e. The fraction of sp³-hybridized carbons (Fsp3) is 0.409. The lowest BCUT2D eigenvalue weighted by atomic mass is 10.1. The first-order chi connectivity index (χ1) is 14.5. The van der Waals surface area contributed by atoms with Crippen LogP contribution in [0.3, 0.4) is 0 Å². The van der Waals surface area contributed by atoms with Crippen LogP contribution in [0, 0.1) is 5.92 Å². The van der Waals surface area contributed by atoms with Gasteiger partial charge >= 0.3 is 6.09 Å². The number of hydrogen-bond donors (Lipinski definition) is 1. The normalized spacial score (nSPS) is 13.1. The number of aliphatic hydroxyl groups is 1. The van der Waals surface area contributed by atoms with Gasteiger partial charge in [0, 0.05) is 28.4 Å². The van der Waals surface area contributed by atoms with E-state index >= 15 is 0 Å². The van der Waals surface area contributed by atoms with Gasteiger partial charge in [0.2, 0.25) is 0 Å². The van der Waals surface area contributed by atoms with Gasteiger partial charge in [-0.3, -0.25) is 4.57 Å². The van der Waals surface area contributed by atoms with Gasteiger partial charge in [0.05, 0.1) is 17.8 Å². The maximum absolute atomic E-state index is 12.6. The molecule has 1 N–H and O–H groups in total. The SMILES string of the molecule is CCCCOC(=O)n1cc(C(O)c2nc(C(=NOC)C(C)C)cs2)c2ccccc21. The number of thiazole rings is 1. The van der Waals surface area contributed by atoms with Crippen molar-refractivity contribution in [2.24, 2.45) is 11.1 Å². The lowest BCUT2D eigenvalue weighted by Crippen LogP contribution is -2.13. The van der Waals surface area contributed by atoms with E-state index in [1.54, 1.807) is 6.20 Å². The molecule has 160 valence electrons. The van der Waals surface area contributed by atoms with Gasteiger partial charge in [-0.1, -0.05) is 50.5 Å². The van der Waals surface area contributed by atoms with E-state index in [9.17, 15) is 9.90 Å². The first-order valence-electron chi connectivity index (χ1n) is 9.99. The Morgan fingerprint density at radius 1 is 1.33 bits per heavy atom. The molecular weight excluding hydrogens is 402 g/mol. The van der Waals surface area contributed by atoms with Crippen molar-refractivity contribution in [3.8, 4) is 0 Å². The number of carbonyl (C=O) groups is 1. The fourth-order valence-corrected chi connectivity index (χ4v) is 3.97. The van der Waals surface area contributed by atoms with E-state index in [-0.39, 0.29) is 5.92 Å². The van der Waals surface area contributed by atoms with Crippen LogP contribution in [-0.4, -0.2) is 40.2 Å². The van der Waals surface area contributed by atoms with E-state index in [0.29, 0.717) is 34.1 Å². The van der Waals surface area contributed by atoms with E-state index in [2.05, 4.69) is 10.1 Å². The van der Waals surface area contributed by atoms with Crippen molar-refractivity contribution >= 4 is 34.0 Å². The summed E-state index contributed by atoms with van der Waals surface area (Å²) in [7, 11) is 1.50. The molecule has 3 rings (SSSR count). The predicted octanol–water partition coefficient (Wildman–Crippen LogP) is 4.97. The van der Waals surface area contributed by atoms with Crippen LogP contribution in [0.5, 0.6) is 0 Å². The third kappa shape index (κ3) is 4.55. The number of ether oxygens (including phenoxy) is 1. The first kappa shape index (κ1) is 22.0. The first-order valence-corrected chi connectivity index (χ1v) is 10.9. The standard InChI is InChI=1S/C22H27N3O4S/c1-5-6-11-29-22(27)25-12-16(15-9-7-8-10-18(15)25)20(26)21-23-17(13-30-21)19(14(2)3)24-28-4/h7-10,12-14,20,26H,5-6,11H2,1-4H3. The quantitative estimate of drug-likeness (QED) is 0.310. The minimum Gasteiger partial charge on any atom is -0.449 e. The Kier molecular flexibility index (Phi) is 7.23. The summed E-state index contributed by atoms with van der Waals surface area (Å²) in [5.41, 5.74) is 2.69. The highest BCUT2D eigenvalue weighted by molar-refractivity contribution is 7.10. The van der Waals surface area contributed by atoms with Crippen molar-refractivity contribution in [2.45, 2.75) is 39.7 Å². The zero-order valence-corrected chi connectivity index (χ0v) is 18.5. The zero-order valence-electron chi connectivity index (χ0n) is 17.7. The number of aliphatic hydroxyl groups excluding tert-OH is 1. The average Bonchev–Trinajstić information content (AvgIpc) is 3.37. The van der Waals surface area contributed by atoms with Crippen molar-refractivity contribution in [3.63, 3.8) is 0 Å². The molecule has 0 radical (unpaired) electrons. The van der Waals surface area contributed by atoms with E-state index in [4.69, 9.17) is 9.57 Å². The molecule has 7 nitrogen and oxygen atoms in total. The average molecular weight is 430 g/mol. The Labute approximate surface area is 179 Å². The third-order valence-corrected chi connectivity index (χ3v) is 5.61. The van der Waals surface area contributed by atoms with Gasteiger partial charge < -0.3 is 14.7 Å². The maximum atomic E-state index is 12.6. The Balaban J connectivity index is 1.95. The molecule has 1 aromatic carbocycles. The molecule has 0 bridgehead atoms. The topological polar surface area (TPSA) is 85.9 Å². The number of fused-ring (bicyclic) bond motifs is 1. The number of nitrogens with zero attached hydrogens (tertiary/aromatic N) is 3. The molecule has 1 atom stereocenters. The van der Waals surface area contributed by atoms with Gasteiger partial charge in [-0.05, 0) is 12.5 Å². The van der Waals surface area contributed by atoms with Gasteiger partial charge in [0.1, 0.15) is 23.9 Å². The molecule has 0 aliphatic rings. The van der Waals surface area contributed by atoms with Crippen LogP contribution in [0.1, 0.15) is 56.0 Å². The Hall–Kier alpha value is -2.71. The smallest absolute Gasteiger partial charge is 0.418 e. The number of para-hydroxylation sites is 1. The molecule has 8 heteroatoms. The fourth-order valence-electron chi connectivity index (χ4n) is 3.16. The van der Waals surface area contributed by atoms with Crippen molar-refractivity contribution in [3.05, 3.63) is 52.1 Å². The predicted molar refractivity (Wildman–Crippen MR) is 118 cm³/mol. The summed E-state index contributed by atoms with van der Waals surface area (Å²) in [6.45, 7) is 6.42. The van der Waals surface area contributed by atoms with Crippen LogP contribution in [0.15, 0.2) is 41.0 Å². The number of carbonyl (C=O) groups excluding carboxylic acids is 1. The van der Waals surface area contributed by atoms with Crippen molar-refractivity contribution in [2.75, 3.05) is 13.7 Å². The largest absolute Gasteiger partial charge is 0.449 e. The summed E-state index contributed by atoms with van der Waals surface area (Å²) >= 11 is 1.34. The molecule has 0 saturated carbocycles. The van der Waals surface area contributed by atoms with Gasteiger partial charge in [0.25, 0.3) is 0 Å². The number of oxime groups is 1.